The zero-order chi connectivity index (χ0) is 22.9. The summed E-state index contributed by atoms with van der Waals surface area (Å²) in [6.07, 6.45) is 5.73. The van der Waals surface area contributed by atoms with Crippen molar-refractivity contribution in [2.24, 2.45) is 5.92 Å². The normalized spacial score (nSPS) is 18.3. The lowest BCUT2D eigenvalue weighted by Gasteiger charge is -2.36. The van der Waals surface area contributed by atoms with Gasteiger partial charge in [0.05, 0.1) is 29.4 Å². The molecule has 2 N–H and O–H groups in total. The molecule has 1 saturated carbocycles. The molecule has 0 unspecified atom stereocenters. The largest absolute Gasteiger partial charge is 0.481 e. The maximum atomic E-state index is 13.1. The number of carboxylic acids is 1. The zero-order valence-corrected chi connectivity index (χ0v) is 20.3. The second kappa shape index (κ2) is 12.4. The molecule has 1 heterocycles. The average Bonchev–Trinajstić information content (AvgIpc) is 3.21. The van der Waals surface area contributed by atoms with Crippen LogP contribution in [0.1, 0.15) is 38.2 Å². The molecule has 1 aliphatic rings. The summed E-state index contributed by atoms with van der Waals surface area (Å²) in [5.41, 5.74) is 0.922. The third-order valence-electron chi connectivity index (χ3n) is 5.42. The minimum absolute atomic E-state index is 0.0370. The van der Waals surface area contributed by atoms with Crippen molar-refractivity contribution in [3.63, 3.8) is 0 Å². The van der Waals surface area contributed by atoms with E-state index in [0.29, 0.717) is 35.8 Å². The molecule has 2 amide bonds. The van der Waals surface area contributed by atoms with E-state index < -0.39 is 5.97 Å². The quantitative estimate of drug-likeness (QED) is 0.328. The highest BCUT2D eigenvalue weighted by Gasteiger charge is 2.28. The molecule has 0 atom stereocenters. The van der Waals surface area contributed by atoms with E-state index >= 15 is 0 Å². The number of aromatic nitrogens is 1. The standard InChI is InChI=1S/C22H28ClN3O4S2/c1-15-6-8-17(9-7-15)26(10-11-30-13-16-4-2-3-5-18(16)23)22(29)25-21-24-12-20(32-21)31-14-19(27)28/h2-5,12,15,17H,6-11,13-14H2,1H3,(H,27,28)(H,24,25,29)/t15-,17-. The number of benzene rings is 1. The summed E-state index contributed by atoms with van der Waals surface area (Å²) in [5.74, 6) is -0.242. The molecule has 10 heteroatoms. The first-order valence-corrected chi connectivity index (χ1v) is 12.8. The number of rotatable bonds is 10. The van der Waals surface area contributed by atoms with Crippen LogP contribution in [0.2, 0.25) is 5.02 Å². The predicted octanol–water partition coefficient (Wildman–Crippen LogP) is 5.60. The summed E-state index contributed by atoms with van der Waals surface area (Å²) >= 11 is 8.66. The zero-order valence-electron chi connectivity index (χ0n) is 18.0. The van der Waals surface area contributed by atoms with Gasteiger partial charge in [0.2, 0.25) is 0 Å². The summed E-state index contributed by atoms with van der Waals surface area (Å²) in [7, 11) is 0. The molecule has 0 radical (unpaired) electrons. The minimum atomic E-state index is -0.886. The fraction of sp³-hybridized carbons (Fsp3) is 0.500. The van der Waals surface area contributed by atoms with Crippen molar-refractivity contribution in [3.8, 4) is 0 Å². The molecule has 174 valence electrons. The molecule has 0 spiro atoms. The summed E-state index contributed by atoms with van der Waals surface area (Å²) in [4.78, 5) is 29.9. The second-order valence-electron chi connectivity index (χ2n) is 7.85. The van der Waals surface area contributed by atoms with Crippen LogP contribution in [0.15, 0.2) is 34.7 Å². The average molecular weight is 498 g/mol. The topological polar surface area (TPSA) is 91.8 Å². The van der Waals surface area contributed by atoms with Crippen LogP contribution in [0.4, 0.5) is 9.93 Å². The highest BCUT2D eigenvalue weighted by Crippen LogP contribution is 2.30. The molecule has 7 nitrogen and oxygen atoms in total. The minimum Gasteiger partial charge on any atom is -0.481 e. The third kappa shape index (κ3) is 7.65. The number of nitrogens with one attached hydrogen (secondary N) is 1. The Balaban J connectivity index is 1.57. The van der Waals surface area contributed by atoms with Crippen molar-refractivity contribution in [3.05, 3.63) is 41.0 Å². The Bertz CT molecular complexity index is 903. The third-order valence-corrected chi connectivity index (χ3v) is 7.88. The number of aliphatic carboxylic acids is 1. The van der Waals surface area contributed by atoms with E-state index in [1.54, 1.807) is 6.20 Å². The molecule has 32 heavy (non-hydrogen) atoms. The first-order valence-electron chi connectivity index (χ1n) is 10.6. The van der Waals surface area contributed by atoms with Gasteiger partial charge in [-0.3, -0.25) is 10.1 Å². The number of nitrogens with zero attached hydrogens (tertiary/aromatic N) is 2. The van der Waals surface area contributed by atoms with Crippen LogP contribution >= 0.6 is 34.7 Å². The number of urea groups is 1. The van der Waals surface area contributed by atoms with E-state index in [1.165, 1.54) is 23.1 Å². The summed E-state index contributed by atoms with van der Waals surface area (Å²) in [5, 5.41) is 12.8. The molecule has 1 fully saturated rings. The molecular formula is C22H28ClN3O4S2. The number of thiazole rings is 1. The van der Waals surface area contributed by atoms with Gasteiger partial charge in [-0.05, 0) is 43.2 Å². The van der Waals surface area contributed by atoms with Crippen LogP contribution in [-0.2, 0) is 16.1 Å². The number of halogens is 1. The van der Waals surface area contributed by atoms with Gasteiger partial charge in [-0.1, -0.05) is 48.1 Å². The SMILES string of the molecule is C[C@H]1CC[C@H](N(CCOCc2ccccc2Cl)C(=O)Nc2ncc(SCC(=O)O)s2)CC1. The summed E-state index contributed by atoms with van der Waals surface area (Å²) in [6.45, 7) is 3.52. The van der Waals surface area contributed by atoms with E-state index in [1.807, 2.05) is 29.2 Å². The molecule has 1 aromatic carbocycles. The van der Waals surface area contributed by atoms with Crippen LogP contribution in [0, 0.1) is 5.92 Å². The number of ether oxygens (including phenoxy) is 1. The highest BCUT2D eigenvalue weighted by atomic mass is 35.5. The van der Waals surface area contributed by atoms with Gasteiger partial charge in [0.25, 0.3) is 0 Å². The number of carbonyl (C=O) groups excluding carboxylic acids is 1. The molecule has 2 aromatic rings. The van der Waals surface area contributed by atoms with Crippen LogP contribution in [0.5, 0.6) is 0 Å². The number of carboxylic acid groups (broad SMARTS) is 1. The van der Waals surface area contributed by atoms with Gasteiger partial charge in [-0.25, -0.2) is 9.78 Å². The van der Waals surface area contributed by atoms with E-state index in [9.17, 15) is 9.59 Å². The van der Waals surface area contributed by atoms with E-state index in [2.05, 4.69) is 17.2 Å². The summed E-state index contributed by atoms with van der Waals surface area (Å²) < 4.78 is 6.58. The Morgan fingerprint density at radius 3 is 2.78 bits per heavy atom. The number of hydrogen-bond acceptors (Lipinski definition) is 6. The molecular weight excluding hydrogens is 470 g/mol. The number of anilines is 1. The van der Waals surface area contributed by atoms with E-state index in [4.69, 9.17) is 21.4 Å². The number of hydrogen-bond donors (Lipinski definition) is 2. The first-order chi connectivity index (χ1) is 15.4. The fourth-order valence-corrected chi connectivity index (χ4v) is 5.42. The maximum Gasteiger partial charge on any atom is 0.323 e. The number of carbonyl (C=O) groups is 2. The van der Waals surface area contributed by atoms with Crippen LogP contribution in [-0.4, -0.2) is 51.9 Å². The smallest absolute Gasteiger partial charge is 0.323 e. The molecule has 0 bridgehead atoms. The van der Waals surface area contributed by atoms with Gasteiger partial charge in [0, 0.05) is 17.6 Å². The van der Waals surface area contributed by atoms with Gasteiger partial charge >= 0.3 is 12.0 Å². The van der Waals surface area contributed by atoms with Crippen molar-refractivity contribution >= 4 is 51.8 Å². The molecule has 3 rings (SSSR count). The van der Waals surface area contributed by atoms with Crippen LogP contribution in [0.25, 0.3) is 0 Å². The number of thioether (sulfide) groups is 1. The number of amides is 2. The van der Waals surface area contributed by atoms with Gasteiger partial charge in [0.15, 0.2) is 5.13 Å². The molecule has 1 aliphatic carbocycles. The van der Waals surface area contributed by atoms with Crippen molar-refractivity contribution < 1.29 is 19.4 Å². The predicted molar refractivity (Wildman–Crippen MR) is 129 cm³/mol. The van der Waals surface area contributed by atoms with Crippen molar-refractivity contribution in [2.75, 3.05) is 24.2 Å². The van der Waals surface area contributed by atoms with Crippen molar-refractivity contribution in [2.45, 2.75) is 49.5 Å². The lowest BCUT2D eigenvalue weighted by atomic mass is 9.86. The molecule has 0 saturated heterocycles. The molecule has 0 aliphatic heterocycles. The molecule has 1 aromatic heterocycles. The Morgan fingerprint density at radius 1 is 1.31 bits per heavy atom. The lowest BCUT2D eigenvalue weighted by Crippen LogP contribution is -2.46. The van der Waals surface area contributed by atoms with Gasteiger partial charge in [-0.15, -0.1) is 11.8 Å². The van der Waals surface area contributed by atoms with Crippen LogP contribution < -0.4 is 5.32 Å². The van der Waals surface area contributed by atoms with Crippen molar-refractivity contribution in [1.29, 1.82) is 0 Å². The summed E-state index contributed by atoms with van der Waals surface area (Å²) in [6, 6.07) is 7.53. The second-order valence-corrected chi connectivity index (χ2v) is 10.6. The monoisotopic (exact) mass is 497 g/mol. The Labute approximate surface area is 201 Å². The van der Waals surface area contributed by atoms with E-state index in [-0.39, 0.29) is 17.8 Å². The van der Waals surface area contributed by atoms with Gasteiger partial charge in [0.1, 0.15) is 0 Å². The maximum absolute atomic E-state index is 13.1. The van der Waals surface area contributed by atoms with Gasteiger partial charge in [-0.2, -0.15) is 0 Å². The highest BCUT2D eigenvalue weighted by molar-refractivity contribution is 8.01. The van der Waals surface area contributed by atoms with Gasteiger partial charge < -0.3 is 14.7 Å². The Morgan fingerprint density at radius 2 is 2.06 bits per heavy atom. The lowest BCUT2D eigenvalue weighted by molar-refractivity contribution is -0.133. The Kier molecular flexibility index (Phi) is 9.65. The fourth-order valence-electron chi connectivity index (χ4n) is 3.64. The van der Waals surface area contributed by atoms with Crippen molar-refractivity contribution in [1.82, 2.24) is 9.88 Å². The van der Waals surface area contributed by atoms with E-state index in [0.717, 1.165) is 35.5 Å². The Hall–Kier alpha value is -1.81. The first kappa shape index (κ1) is 24.8. The van der Waals surface area contributed by atoms with Crippen LogP contribution in [0.3, 0.4) is 0 Å².